The molecular formula is C13H14BrN3S. The Morgan fingerprint density at radius 1 is 1.22 bits per heavy atom. The van der Waals surface area contributed by atoms with E-state index in [0.29, 0.717) is 0 Å². The Bertz CT molecular complexity index is 535. The highest BCUT2D eigenvalue weighted by Crippen LogP contribution is 2.28. The van der Waals surface area contributed by atoms with E-state index in [-0.39, 0.29) is 0 Å². The van der Waals surface area contributed by atoms with Crippen molar-refractivity contribution in [2.45, 2.75) is 19.3 Å². The second-order valence-electron chi connectivity index (χ2n) is 4.43. The molecule has 0 spiro atoms. The molecule has 5 heteroatoms. The summed E-state index contributed by atoms with van der Waals surface area (Å²) < 4.78 is 0.902. The minimum Gasteiger partial charge on any atom is -0.357 e. The molecule has 0 atom stereocenters. The molecule has 1 saturated heterocycles. The van der Waals surface area contributed by atoms with Crippen molar-refractivity contribution < 1.29 is 0 Å². The van der Waals surface area contributed by atoms with Gasteiger partial charge in [0.25, 0.3) is 0 Å². The van der Waals surface area contributed by atoms with Crippen molar-refractivity contribution in [2.24, 2.45) is 0 Å². The summed E-state index contributed by atoms with van der Waals surface area (Å²) >= 11 is 5.05. The molecule has 3 rings (SSSR count). The van der Waals surface area contributed by atoms with Gasteiger partial charge in [0.05, 0.1) is 0 Å². The van der Waals surface area contributed by atoms with Crippen molar-refractivity contribution >= 4 is 33.1 Å². The minimum absolute atomic E-state index is 0.902. The molecule has 2 aromatic heterocycles. The van der Waals surface area contributed by atoms with Crippen LogP contribution in [0.2, 0.25) is 0 Å². The van der Waals surface area contributed by atoms with E-state index in [1.54, 1.807) is 11.3 Å². The number of nitrogens with zero attached hydrogens (tertiary/aromatic N) is 3. The molecule has 0 bridgehead atoms. The van der Waals surface area contributed by atoms with Gasteiger partial charge >= 0.3 is 0 Å². The summed E-state index contributed by atoms with van der Waals surface area (Å²) in [6, 6.07) is 4.18. The Balaban J connectivity index is 1.88. The average molecular weight is 324 g/mol. The molecule has 0 N–H and O–H groups in total. The summed E-state index contributed by atoms with van der Waals surface area (Å²) in [5.41, 5.74) is 1.15. The highest BCUT2D eigenvalue weighted by atomic mass is 79.9. The van der Waals surface area contributed by atoms with Crippen molar-refractivity contribution in [3.63, 3.8) is 0 Å². The van der Waals surface area contributed by atoms with Gasteiger partial charge in [0.1, 0.15) is 15.4 Å². The van der Waals surface area contributed by atoms with Gasteiger partial charge in [-0.1, -0.05) is 0 Å². The quantitative estimate of drug-likeness (QED) is 0.837. The lowest BCUT2D eigenvalue weighted by Crippen LogP contribution is -2.30. The largest absolute Gasteiger partial charge is 0.357 e. The van der Waals surface area contributed by atoms with Gasteiger partial charge in [0.2, 0.25) is 0 Å². The normalized spacial score (nSPS) is 15.9. The first-order valence-corrected chi connectivity index (χ1v) is 7.82. The number of hydrogen-bond acceptors (Lipinski definition) is 4. The molecule has 0 radical (unpaired) electrons. The third kappa shape index (κ3) is 2.57. The molecule has 3 heterocycles. The molecule has 94 valence electrons. The van der Waals surface area contributed by atoms with Crippen molar-refractivity contribution in [1.29, 1.82) is 0 Å². The van der Waals surface area contributed by atoms with Crippen LogP contribution in [0.1, 0.15) is 19.3 Å². The number of halogens is 1. The van der Waals surface area contributed by atoms with Gasteiger partial charge in [-0.3, -0.25) is 0 Å². The lowest BCUT2D eigenvalue weighted by molar-refractivity contribution is 0.573. The second-order valence-corrected chi connectivity index (χ2v) is 6.10. The fourth-order valence-corrected chi connectivity index (χ4v) is 3.48. The first-order valence-electron chi connectivity index (χ1n) is 6.15. The van der Waals surface area contributed by atoms with Crippen molar-refractivity contribution in [1.82, 2.24) is 9.97 Å². The monoisotopic (exact) mass is 323 g/mol. The summed E-state index contributed by atoms with van der Waals surface area (Å²) in [5, 5.41) is 3.05. The SMILES string of the molecule is Brc1csc(-c2ccnc(N3CCCCC3)c2)n1. The lowest BCUT2D eigenvalue weighted by atomic mass is 10.1. The Morgan fingerprint density at radius 3 is 2.78 bits per heavy atom. The van der Waals surface area contributed by atoms with Gasteiger partial charge in [-0.15, -0.1) is 11.3 Å². The fraction of sp³-hybridized carbons (Fsp3) is 0.385. The molecule has 3 nitrogen and oxygen atoms in total. The number of piperidine rings is 1. The molecule has 1 aliphatic rings. The summed E-state index contributed by atoms with van der Waals surface area (Å²) in [6.45, 7) is 2.25. The molecule has 2 aromatic rings. The first kappa shape index (κ1) is 12.1. The Labute approximate surface area is 119 Å². The molecule has 1 fully saturated rings. The molecule has 18 heavy (non-hydrogen) atoms. The van der Waals surface area contributed by atoms with Gasteiger partial charge in [0.15, 0.2) is 0 Å². The van der Waals surface area contributed by atoms with Gasteiger partial charge in [0, 0.05) is 30.2 Å². The van der Waals surface area contributed by atoms with E-state index < -0.39 is 0 Å². The van der Waals surface area contributed by atoms with Crippen LogP contribution in [0.3, 0.4) is 0 Å². The summed E-state index contributed by atoms with van der Waals surface area (Å²) in [6.07, 6.45) is 5.77. The van der Waals surface area contributed by atoms with Crippen LogP contribution >= 0.6 is 27.3 Å². The number of hydrogen-bond donors (Lipinski definition) is 0. The van der Waals surface area contributed by atoms with Gasteiger partial charge in [-0.2, -0.15) is 0 Å². The van der Waals surface area contributed by atoms with Crippen molar-refractivity contribution in [3.05, 3.63) is 28.3 Å². The highest BCUT2D eigenvalue weighted by Gasteiger charge is 2.13. The predicted octanol–water partition coefficient (Wildman–Crippen LogP) is 3.96. The zero-order valence-electron chi connectivity index (χ0n) is 9.97. The maximum Gasteiger partial charge on any atom is 0.129 e. The second kappa shape index (κ2) is 5.36. The zero-order valence-corrected chi connectivity index (χ0v) is 12.4. The van der Waals surface area contributed by atoms with Crippen LogP contribution in [0.15, 0.2) is 28.3 Å². The van der Waals surface area contributed by atoms with Crippen LogP contribution in [0.25, 0.3) is 10.6 Å². The van der Waals surface area contributed by atoms with Crippen LogP contribution in [0, 0.1) is 0 Å². The van der Waals surface area contributed by atoms with Gasteiger partial charge < -0.3 is 4.90 Å². The van der Waals surface area contributed by atoms with E-state index in [4.69, 9.17) is 0 Å². The topological polar surface area (TPSA) is 29.0 Å². The first-order chi connectivity index (χ1) is 8.83. The number of aromatic nitrogens is 2. The number of pyridine rings is 1. The Kier molecular flexibility index (Phi) is 3.61. The van der Waals surface area contributed by atoms with E-state index >= 15 is 0 Å². The average Bonchev–Trinajstić information content (AvgIpc) is 2.87. The Morgan fingerprint density at radius 2 is 2.06 bits per heavy atom. The van der Waals surface area contributed by atoms with E-state index in [9.17, 15) is 0 Å². The highest BCUT2D eigenvalue weighted by molar-refractivity contribution is 9.10. The molecule has 0 saturated carbocycles. The number of thiazole rings is 1. The van der Waals surface area contributed by atoms with Crippen LogP contribution in [0.5, 0.6) is 0 Å². The van der Waals surface area contributed by atoms with E-state index in [1.165, 1.54) is 19.3 Å². The number of anilines is 1. The minimum atomic E-state index is 0.902. The van der Waals surface area contributed by atoms with E-state index in [1.807, 2.05) is 17.6 Å². The van der Waals surface area contributed by atoms with Crippen LogP contribution in [-0.2, 0) is 0 Å². The van der Waals surface area contributed by atoms with E-state index in [2.05, 4.69) is 36.9 Å². The lowest BCUT2D eigenvalue weighted by Gasteiger charge is -2.27. The van der Waals surface area contributed by atoms with Gasteiger partial charge in [-0.25, -0.2) is 9.97 Å². The molecule has 0 amide bonds. The molecule has 0 aliphatic carbocycles. The predicted molar refractivity (Wildman–Crippen MR) is 79.1 cm³/mol. The summed E-state index contributed by atoms with van der Waals surface area (Å²) in [5.74, 6) is 1.08. The standard InChI is InChI=1S/C13H14BrN3S/c14-11-9-18-13(16-11)10-4-5-15-12(8-10)17-6-2-1-3-7-17/h4-5,8-9H,1-3,6-7H2. The van der Waals surface area contributed by atoms with Crippen molar-refractivity contribution in [3.8, 4) is 10.6 Å². The third-order valence-corrected chi connectivity index (χ3v) is 4.75. The van der Waals surface area contributed by atoms with Crippen LogP contribution in [0.4, 0.5) is 5.82 Å². The Hall–Kier alpha value is -0.940. The molecular weight excluding hydrogens is 310 g/mol. The molecule has 0 aromatic carbocycles. The maximum absolute atomic E-state index is 4.49. The van der Waals surface area contributed by atoms with Gasteiger partial charge in [-0.05, 0) is 47.3 Å². The maximum atomic E-state index is 4.49. The fourth-order valence-electron chi connectivity index (χ4n) is 2.23. The number of rotatable bonds is 2. The molecule has 0 unspecified atom stereocenters. The third-order valence-electron chi connectivity index (χ3n) is 3.15. The summed E-state index contributed by atoms with van der Waals surface area (Å²) in [7, 11) is 0. The van der Waals surface area contributed by atoms with Crippen molar-refractivity contribution in [2.75, 3.05) is 18.0 Å². The van der Waals surface area contributed by atoms with Crippen LogP contribution < -0.4 is 4.90 Å². The summed E-state index contributed by atoms with van der Waals surface area (Å²) in [4.78, 5) is 11.3. The smallest absolute Gasteiger partial charge is 0.129 e. The zero-order chi connectivity index (χ0) is 12.4. The van der Waals surface area contributed by atoms with Crippen LogP contribution in [-0.4, -0.2) is 23.1 Å². The van der Waals surface area contributed by atoms with E-state index in [0.717, 1.165) is 34.1 Å². The molecule has 1 aliphatic heterocycles.